The van der Waals surface area contributed by atoms with Crippen LogP contribution < -0.4 is 9.13 Å². The smallest absolute Gasteiger partial charge is 0.277 e. The van der Waals surface area contributed by atoms with E-state index >= 15 is 0 Å². The van der Waals surface area contributed by atoms with E-state index in [1.165, 1.54) is 50.7 Å². The summed E-state index contributed by atoms with van der Waals surface area (Å²) in [4.78, 5) is 5.08. The van der Waals surface area contributed by atoms with Crippen molar-refractivity contribution in [3.8, 4) is 11.4 Å². The fourth-order valence-electron chi connectivity index (χ4n) is 3.54. The van der Waals surface area contributed by atoms with Gasteiger partial charge >= 0.3 is 0 Å². The first-order valence-electron chi connectivity index (χ1n) is 8.32. The number of aromatic nitrogens is 2. The summed E-state index contributed by atoms with van der Waals surface area (Å²) in [5, 5.41) is 0. The van der Waals surface area contributed by atoms with Crippen LogP contribution >= 0.6 is 0 Å². The molecule has 6 heterocycles. The molecule has 3 saturated heterocycles. The van der Waals surface area contributed by atoms with Crippen molar-refractivity contribution in [1.29, 1.82) is 0 Å². The highest BCUT2D eigenvalue weighted by Crippen LogP contribution is 2.11. The summed E-state index contributed by atoms with van der Waals surface area (Å²) in [6.45, 7) is 10.1. The van der Waals surface area contributed by atoms with E-state index in [1.807, 2.05) is 0 Å². The third-order valence-electron chi connectivity index (χ3n) is 4.92. The van der Waals surface area contributed by atoms with Gasteiger partial charge in [0.25, 0.3) is 11.4 Å². The lowest BCUT2D eigenvalue weighted by Gasteiger charge is -2.41. The Hall–Kier alpha value is -1.78. The number of piperazine rings is 3. The van der Waals surface area contributed by atoms with Gasteiger partial charge in [-0.15, -0.1) is 0 Å². The van der Waals surface area contributed by atoms with Gasteiger partial charge in [0.2, 0.25) is 13.1 Å². The lowest BCUT2D eigenvalue weighted by Crippen LogP contribution is -2.55. The van der Waals surface area contributed by atoms with E-state index in [4.69, 9.17) is 0 Å². The van der Waals surface area contributed by atoms with E-state index in [1.54, 1.807) is 0 Å². The number of aryl methyl sites for hydroxylation is 2. The topological polar surface area (TPSA) is 14.2 Å². The number of nitrogens with zero attached hydrogens (tertiary/aromatic N) is 4. The Morgan fingerprint density at radius 1 is 0.591 bits per heavy atom. The first kappa shape index (κ1) is 13.9. The van der Waals surface area contributed by atoms with Crippen LogP contribution in [0.3, 0.4) is 0 Å². The highest BCUT2D eigenvalue weighted by atomic mass is 15.3. The first-order chi connectivity index (χ1) is 10.9. The molecule has 114 valence electrons. The zero-order valence-electron chi connectivity index (χ0n) is 13.1. The minimum Gasteiger partial charge on any atom is -0.300 e. The van der Waals surface area contributed by atoms with E-state index in [9.17, 15) is 0 Å². The average Bonchev–Trinajstić information content (AvgIpc) is 2.64. The fourth-order valence-corrected chi connectivity index (χ4v) is 3.54. The van der Waals surface area contributed by atoms with Crippen molar-refractivity contribution in [2.75, 3.05) is 39.3 Å². The molecule has 2 aromatic heterocycles. The minimum atomic E-state index is 1.07. The van der Waals surface area contributed by atoms with Gasteiger partial charge in [-0.3, -0.25) is 9.80 Å². The largest absolute Gasteiger partial charge is 0.300 e. The van der Waals surface area contributed by atoms with Crippen molar-refractivity contribution in [2.45, 2.75) is 13.1 Å². The van der Waals surface area contributed by atoms with E-state index in [2.05, 4.69) is 67.7 Å². The van der Waals surface area contributed by atoms with Crippen LogP contribution in [0.1, 0.15) is 0 Å². The van der Waals surface area contributed by atoms with Gasteiger partial charge in [0.15, 0.2) is 12.4 Å². The molecule has 4 nitrogen and oxygen atoms in total. The number of hydrogen-bond donors (Lipinski definition) is 0. The monoisotopic (exact) mass is 296 g/mol. The third kappa shape index (κ3) is 2.76. The molecule has 0 N–H and O–H groups in total. The Kier molecular flexibility index (Phi) is 3.87. The lowest BCUT2D eigenvalue weighted by molar-refractivity contribution is -0.794. The second-order valence-corrected chi connectivity index (χ2v) is 6.24. The van der Waals surface area contributed by atoms with Gasteiger partial charge in [-0.2, -0.15) is 9.13 Å². The zero-order valence-corrected chi connectivity index (χ0v) is 13.1. The second kappa shape index (κ2) is 6.15. The lowest BCUT2D eigenvalue weighted by atomic mass is 10.2. The van der Waals surface area contributed by atoms with Gasteiger partial charge in [-0.1, -0.05) is 0 Å². The van der Waals surface area contributed by atoms with Crippen molar-refractivity contribution in [2.24, 2.45) is 0 Å². The molecule has 0 unspecified atom stereocenters. The Balaban J connectivity index is 0.000000132. The molecule has 0 aromatic carbocycles. The summed E-state index contributed by atoms with van der Waals surface area (Å²) in [7, 11) is 0. The summed E-state index contributed by atoms with van der Waals surface area (Å²) in [6.07, 6.45) is 4.29. The Labute approximate surface area is 132 Å². The van der Waals surface area contributed by atoms with Crippen LogP contribution in [0.2, 0.25) is 0 Å². The summed E-state index contributed by atoms with van der Waals surface area (Å²) < 4.78 is 4.60. The SMILES string of the molecule is C1CN2CCN1CC2.c1cc[n+]2c(c1)-c1cccc[n+]1CC2. The molecule has 0 atom stereocenters. The van der Waals surface area contributed by atoms with Crippen molar-refractivity contribution in [3.63, 3.8) is 0 Å². The molecule has 0 spiro atoms. The highest BCUT2D eigenvalue weighted by Gasteiger charge is 2.27. The van der Waals surface area contributed by atoms with Crippen LogP contribution in [0, 0.1) is 0 Å². The molecule has 4 heteroatoms. The molecule has 0 saturated carbocycles. The van der Waals surface area contributed by atoms with Crippen LogP contribution in [0.4, 0.5) is 0 Å². The van der Waals surface area contributed by atoms with E-state index in [0.717, 1.165) is 13.1 Å². The predicted molar refractivity (Wildman–Crippen MR) is 85.1 cm³/mol. The Morgan fingerprint density at radius 2 is 1.00 bits per heavy atom. The van der Waals surface area contributed by atoms with Gasteiger partial charge in [-0.25, -0.2) is 0 Å². The second-order valence-electron chi connectivity index (χ2n) is 6.24. The standard InChI is InChI=1S/C12H12N2.C6H12N2/c1-3-7-13-9-10-14-8-4-2-6-12(14)11(13)5-1;1-2-8-5-3-7(1)4-6-8/h1-8H,9-10H2;1-6H2/q+2;. The summed E-state index contributed by atoms with van der Waals surface area (Å²) in [5.74, 6) is 0. The van der Waals surface area contributed by atoms with Crippen LogP contribution in [-0.2, 0) is 13.1 Å². The minimum absolute atomic E-state index is 1.07. The molecule has 0 aliphatic carbocycles. The molecule has 4 aliphatic rings. The molecular weight excluding hydrogens is 272 g/mol. The summed E-state index contributed by atoms with van der Waals surface area (Å²) in [6, 6.07) is 12.7. The van der Waals surface area contributed by atoms with Crippen molar-refractivity contribution >= 4 is 0 Å². The maximum atomic E-state index is 2.54. The molecule has 3 fully saturated rings. The predicted octanol–water partition coefficient (Wildman–Crippen LogP) is 0.560. The zero-order chi connectivity index (χ0) is 14.8. The van der Waals surface area contributed by atoms with Crippen molar-refractivity contribution < 1.29 is 9.13 Å². The third-order valence-corrected chi connectivity index (χ3v) is 4.92. The quantitative estimate of drug-likeness (QED) is 0.660. The van der Waals surface area contributed by atoms with E-state index in [-0.39, 0.29) is 0 Å². The first-order valence-corrected chi connectivity index (χ1v) is 8.32. The van der Waals surface area contributed by atoms with Crippen LogP contribution in [0.25, 0.3) is 11.4 Å². The van der Waals surface area contributed by atoms with Crippen LogP contribution in [0.15, 0.2) is 48.8 Å². The van der Waals surface area contributed by atoms with Gasteiger partial charge in [0.05, 0.1) is 0 Å². The molecule has 0 amide bonds. The molecule has 2 aromatic rings. The summed E-state index contributed by atoms with van der Waals surface area (Å²) >= 11 is 0. The highest BCUT2D eigenvalue weighted by molar-refractivity contribution is 5.46. The molecule has 4 aliphatic heterocycles. The van der Waals surface area contributed by atoms with Crippen molar-refractivity contribution in [3.05, 3.63) is 48.8 Å². The fraction of sp³-hybridized carbons (Fsp3) is 0.444. The van der Waals surface area contributed by atoms with Crippen LogP contribution in [-0.4, -0.2) is 49.1 Å². The number of pyridine rings is 2. The molecule has 6 rings (SSSR count). The number of fused-ring (bicyclic) bond motifs is 6. The van der Waals surface area contributed by atoms with Crippen LogP contribution in [0.5, 0.6) is 0 Å². The number of hydrogen-bond acceptors (Lipinski definition) is 2. The Morgan fingerprint density at radius 3 is 1.36 bits per heavy atom. The normalized spacial score (nSPS) is 24.7. The maximum absolute atomic E-state index is 2.54. The maximum Gasteiger partial charge on any atom is 0.277 e. The van der Waals surface area contributed by atoms with Gasteiger partial charge in [-0.05, 0) is 12.1 Å². The molecule has 0 radical (unpaired) electrons. The van der Waals surface area contributed by atoms with Gasteiger partial charge < -0.3 is 0 Å². The van der Waals surface area contributed by atoms with Gasteiger partial charge in [0.1, 0.15) is 0 Å². The number of rotatable bonds is 0. The van der Waals surface area contributed by atoms with E-state index in [0.29, 0.717) is 0 Å². The van der Waals surface area contributed by atoms with Gasteiger partial charge in [0, 0.05) is 63.5 Å². The summed E-state index contributed by atoms with van der Waals surface area (Å²) in [5.41, 5.74) is 2.61. The van der Waals surface area contributed by atoms with Crippen molar-refractivity contribution in [1.82, 2.24) is 9.80 Å². The average molecular weight is 296 g/mol. The Bertz CT molecular complexity index is 579. The molecular formula is C18H24N4+2. The van der Waals surface area contributed by atoms with E-state index < -0.39 is 0 Å². The molecule has 2 bridgehead atoms. The molecule has 22 heavy (non-hydrogen) atoms.